The summed E-state index contributed by atoms with van der Waals surface area (Å²) in [5.41, 5.74) is 0.369. The third kappa shape index (κ3) is 6.78. The molecule has 0 bridgehead atoms. The lowest BCUT2D eigenvalue weighted by Gasteiger charge is -2.28. The number of carbonyl (C=O) groups excluding carboxylic acids is 3. The number of anilines is 1. The van der Waals surface area contributed by atoms with Crippen molar-refractivity contribution in [3.05, 3.63) is 47.5 Å². The number of methoxy groups -OCH3 is 1. The number of carbonyl (C=O) groups is 3. The van der Waals surface area contributed by atoms with Crippen molar-refractivity contribution in [3.63, 3.8) is 0 Å². The number of rotatable bonds is 12. The number of aromatic nitrogens is 2. The van der Waals surface area contributed by atoms with Gasteiger partial charge < -0.3 is 25.6 Å². The van der Waals surface area contributed by atoms with Crippen molar-refractivity contribution in [2.45, 2.75) is 69.9 Å². The van der Waals surface area contributed by atoms with Crippen LogP contribution in [-0.2, 0) is 9.53 Å². The molecule has 3 fully saturated rings. The zero-order valence-electron chi connectivity index (χ0n) is 24.2. The SMILES string of the molecule is COC[C@@H](c1ccc(NC(=O)[C@H](NC(=O)c2ccnn2C(C)C)C(C2CC2)C2CC2)c(F)c1)N1C[C@@H](C(F)(F)F)NC1=O. The average Bonchev–Trinajstić information content (AvgIpc) is 3.87. The van der Waals surface area contributed by atoms with Crippen molar-refractivity contribution in [1.82, 2.24) is 25.3 Å². The van der Waals surface area contributed by atoms with Gasteiger partial charge in [0, 0.05) is 19.3 Å². The lowest BCUT2D eigenvalue weighted by Crippen LogP contribution is -2.50. The normalized spacial score (nSPS) is 20.3. The molecular formula is C29H36F4N6O4. The second kappa shape index (κ2) is 12.1. The summed E-state index contributed by atoms with van der Waals surface area (Å²) in [5.74, 6) is -1.36. The van der Waals surface area contributed by atoms with E-state index in [1.165, 1.54) is 25.4 Å². The fourth-order valence-corrected chi connectivity index (χ4v) is 5.93. The third-order valence-electron chi connectivity index (χ3n) is 8.35. The van der Waals surface area contributed by atoms with E-state index in [0.717, 1.165) is 36.6 Å². The summed E-state index contributed by atoms with van der Waals surface area (Å²) in [5, 5.41) is 11.6. The molecule has 2 saturated carbocycles. The minimum Gasteiger partial charge on any atom is -0.382 e. The van der Waals surface area contributed by atoms with Gasteiger partial charge in [0.25, 0.3) is 5.91 Å². The van der Waals surface area contributed by atoms with Gasteiger partial charge in [-0.25, -0.2) is 9.18 Å². The summed E-state index contributed by atoms with van der Waals surface area (Å²) >= 11 is 0. The molecule has 5 rings (SSSR count). The van der Waals surface area contributed by atoms with Crippen LogP contribution in [0.5, 0.6) is 0 Å². The number of ether oxygens (including phenoxy) is 1. The number of urea groups is 1. The molecule has 2 aromatic rings. The Bertz CT molecular complexity index is 1340. The van der Waals surface area contributed by atoms with Crippen molar-refractivity contribution < 1.29 is 36.7 Å². The second-order valence-electron chi connectivity index (χ2n) is 11.9. The Balaban J connectivity index is 1.35. The van der Waals surface area contributed by atoms with E-state index in [4.69, 9.17) is 4.74 Å². The predicted molar refractivity (Wildman–Crippen MR) is 148 cm³/mol. The first-order valence-corrected chi connectivity index (χ1v) is 14.5. The van der Waals surface area contributed by atoms with Crippen molar-refractivity contribution in [2.75, 3.05) is 25.6 Å². The van der Waals surface area contributed by atoms with Gasteiger partial charge in [-0.05, 0) is 81.0 Å². The molecule has 1 aliphatic heterocycles. The Labute approximate surface area is 246 Å². The standard InChI is InChI=1S/C29H36F4N6O4/c1-15(2)39-21(10-11-34-39)26(40)37-25(24(16-4-5-16)17-6-7-17)27(41)35-20-9-8-18(12-19(20)30)22(14-43-3)38-13-23(29(31,32)33)36-28(38)42/h8-12,15-17,22-25H,4-7,13-14H2,1-3H3,(H,35,41)(H,36,42)(H,37,40)/t22-,23-,25+/m0/s1. The van der Waals surface area contributed by atoms with E-state index in [0.29, 0.717) is 5.69 Å². The van der Waals surface area contributed by atoms with E-state index in [-0.39, 0.29) is 41.7 Å². The molecule has 3 aliphatic rings. The molecule has 2 heterocycles. The van der Waals surface area contributed by atoms with Crippen molar-refractivity contribution >= 4 is 23.5 Å². The molecule has 3 N–H and O–H groups in total. The molecule has 3 atom stereocenters. The first kappa shape index (κ1) is 30.8. The molecule has 1 aromatic carbocycles. The zero-order valence-corrected chi connectivity index (χ0v) is 24.2. The van der Waals surface area contributed by atoms with Crippen LogP contribution in [0.15, 0.2) is 30.5 Å². The number of hydrogen-bond acceptors (Lipinski definition) is 5. The summed E-state index contributed by atoms with van der Waals surface area (Å²) in [7, 11) is 1.33. The van der Waals surface area contributed by atoms with E-state index in [1.54, 1.807) is 10.7 Å². The van der Waals surface area contributed by atoms with Gasteiger partial charge in [-0.15, -0.1) is 0 Å². The topological polar surface area (TPSA) is 118 Å². The van der Waals surface area contributed by atoms with E-state index in [9.17, 15) is 27.6 Å². The van der Waals surface area contributed by atoms with Gasteiger partial charge in [-0.1, -0.05) is 6.07 Å². The summed E-state index contributed by atoms with van der Waals surface area (Å²) in [6, 6.07) is 0.416. The molecule has 1 aromatic heterocycles. The van der Waals surface area contributed by atoms with E-state index < -0.39 is 54.5 Å². The molecule has 0 spiro atoms. The molecule has 10 nitrogen and oxygen atoms in total. The molecule has 14 heteroatoms. The number of benzene rings is 1. The first-order chi connectivity index (χ1) is 20.4. The molecule has 0 radical (unpaired) electrons. The average molecular weight is 609 g/mol. The predicted octanol–water partition coefficient (Wildman–Crippen LogP) is 4.42. The summed E-state index contributed by atoms with van der Waals surface area (Å²) < 4.78 is 61.9. The van der Waals surface area contributed by atoms with Crippen LogP contribution in [-0.4, -0.2) is 71.0 Å². The Morgan fingerprint density at radius 3 is 2.35 bits per heavy atom. The van der Waals surface area contributed by atoms with Gasteiger partial charge in [0.2, 0.25) is 5.91 Å². The van der Waals surface area contributed by atoms with Crippen LogP contribution in [0.25, 0.3) is 0 Å². The number of hydrogen-bond donors (Lipinski definition) is 3. The Morgan fingerprint density at radius 2 is 1.81 bits per heavy atom. The molecule has 234 valence electrons. The maximum Gasteiger partial charge on any atom is 0.410 e. The highest BCUT2D eigenvalue weighted by Gasteiger charge is 2.50. The second-order valence-corrected chi connectivity index (χ2v) is 11.9. The van der Waals surface area contributed by atoms with E-state index >= 15 is 4.39 Å². The zero-order chi connectivity index (χ0) is 31.1. The highest BCUT2D eigenvalue weighted by molar-refractivity contribution is 6.01. The number of amides is 4. The highest BCUT2D eigenvalue weighted by atomic mass is 19.4. The van der Waals surface area contributed by atoms with Gasteiger partial charge in [-0.3, -0.25) is 14.3 Å². The monoisotopic (exact) mass is 608 g/mol. The number of alkyl halides is 3. The van der Waals surface area contributed by atoms with Gasteiger partial charge in [0.1, 0.15) is 23.6 Å². The fourth-order valence-electron chi connectivity index (χ4n) is 5.93. The number of halogens is 4. The van der Waals surface area contributed by atoms with Crippen LogP contribution in [0, 0.1) is 23.6 Å². The Kier molecular flexibility index (Phi) is 8.68. The van der Waals surface area contributed by atoms with E-state index in [2.05, 4.69) is 15.7 Å². The van der Waals surface area contributed by atoms with Crippen LogP contribution in [0.2, 0.25) is 0 Å². The summed E-state index contributed by atoms with van der Waals surface area (Å²) in [6.07, 6.45) is 0.691. The van der Waals surface area contributed by atoms with Crippen LogP contribution in [0.3, 0.4) is 0 Å². The molecular weight excluding hydrogens is 572 g/mol. The Morgan fingerprint density at radius 1 is 1.14 bits per heavy atom. The maximum absolute atomic E-state index is 15.4. The highest BCUT2D eigenvalue weighted by Crippen LogP contribution is 2.51. The molecule has 1 saturated heterocycles. The van der Waals surface area contributed by atoms with Gasteiger partial charge in [-0.2, -0.15) is 18.3 Å². The van der Waals surface area contributed by atoms with Gasteiger partial charge >= 0.3 is 12.2 Å². The van der Waals surface area contributed by atoms with E-state index in [1.807, 2.05) is 19.2 Å². The smallest absolute Gasteiger partial charge is 0.382 e. The summed E-state index contributed by atoms with van der Waals surface area (Å²) in [6.45, 7) is 2.95. The van der Waals surface area contributed by atoms with Crippen LogP contribution in [0.1, 0.15) is 67.7 Å². The van der Waals surface area contributed by atoms with Crippen LogP contribution >= 0.6 is 0 Å². The van der Waals surface area contributed by atoms with Crippen molar-refractivity contribution in [2.24, 2.45) is 17.8 Å². The van der Waals surface area contributed by atoms with Crippen LogP contribution in [0.4, 0.5) is 28.0 Å². The third-order valence-corrected chi connectivity index (χ3v) is 8.35. The molecule has 43 heavy (non-hydrogen) atoms. The first-order valence-electron chi connectivity index (χ1n) is 14.5. The lowest BCUT2D eigenvalue weighted by molar-refractivity contribution is -0.150. The van der Waals surface area contributed by atoms with Gasteiger partial charge in [0.15, 0.2) is 0 Å². The Hall–Kier alpha value is -3.68. The molecule has 2 aliphatic carbocycles. The molecule has 4 amide bonds. The summed E-state index contributed by atoms with van der Waals surface area (Å²) in [4.78, 5) is 40.4. The largest absolute Gasteiger partial charge is 0.410 e. The minimum absolute atomic E-state index is 0.0776. The fraction of sp³-hybridized carbons (Fsp3) is 0.586. The quantitative estimate of drug-likeness (QED) is 0.309. The molecule has 0 unspecified atom stereocenters. The van der Waals surface area contributed by atoms with Crippen molar-refractivity contribution in [1.29, 1.82) is 0 Å². The minimum atomic E-state index is -4.64. The van der Waals surface area contributed by atoms with Crippen molar-refractivity contribution in [3.8, 4) is 0 Å². The maximum atomic E-state index is 15.4. The van der Waals surface area contributed by atoms with Crippen LogP contribution < -0.4 is 16.0 Å². The lowest BCUT2D eigenvalue weighted by atomic mass is 9.88. The van der Waals surface area contributed by atoms with Gasteiger partial charge in [0.05, 0.1) is 24.9 Å². The number of nitrogens with one attached hydrogen (secondary N) is 3. The number of nitrogens with zero attached hydrogens (tertiary/aromatic N) is 3.